The highest BCUT2D eigenvalue weighted by atomic mass is 32.2. The first-order chi connectivity index (χ1) is 11.2. The molecule has 1 N–H and O–H groups in total. The maximum Gasteiger partial charge on any atom is 0.253 e. The van der Waals surface area contributed by atoms with E-state index in [1.807, 2.05) is 36.9 Å². The Morgan fingerprint density at radius 1 is 1.29 bits per heavy atom. The van der Waals surface area contributed by atoms with Gasteiger partial charge in [-0.1, -0.05) is 6.07 Å². The van der Waals surface area contributed by atoms with Gasteiger partial charge in [0.2, 0.25) is 10.0 Å². The number of sulfonamides is 1. The third-order valence-corrected chi connectivity index (χ3v) is 5.78. The van der Waals surface area contributed by atoms with Crippen LogP contribution in [0.25, 0.3) is 0 Å². The fourth-order valence-electron chi connectivity index (χ4n) is 3.49. The highest BCUT2D eigenvalue weighted by Gasteiger charge is 2.45. The number of amides is 1. The van der Waals surface area contributed by atoms with Gasteiger partial charge in [-0.05, 0) is 37.1 Å². The number of carbonyl (C=O) groups excluding carboxylic acids is 1. The fraction of sp³-hybridized carbons (Fsp3) is 0.588. The van der Waals surface area contributed by atoms with E-state index in [-0.39, 0.29) is 23.8 Å². The van der Waals surface area contributed by atoms with Crippen LogP contribution in [0.1, 0.15) is 21.5 Å². The third-order valence-electron chi connectivity index (χ3n) is 5.09. The van der Waals surface area contributed by atoms with E-state index in [4.69, 9.17) is 4.74 Å². The number of hydrogen-bond acceptors (Lipinski definition) is 4. The van der Waals surface area contributed by atoms with Gasteiger partial charge in [-0.2, -0.15) is 0 Å². The molecule has 1 amide bonds. The molecule has 0 aromatic heterocycles. The number of nitrogens with zero attached hydrogens (tertiary/aromatic N) is 1. The average Bonchev–Trinajstić information content (AvgIpc) is 3.07. The zero-order chi connectivity index (χ0) is 17.5. The van der Waals surface area contributed by atoms with Crippen LogP contribution < -0.4 is 4.72 Å². The van der Waals surface area contributed by atoms with Gasteiger partial charge in [-0.3, -0.25) is 4.79 Å². The molecule has 0 unspecified atom stereocenters. The number of likely N-dealkylation sites (tertiary alicyclic amines) is 1. The summed E-state index contributed by atoms with van der Waals surface area (Å²) in [5, 5.41) is 0. The maximum absolute atomic E-state index is 12.7. The predicted octanol–water partition coefficient (Wildman–Crippen LogP) is 0.940. The number of aryl methyl sites for hydroxylation is 2. The van der Waals surface area contributed by atoms with Gasteiger partial charge in [0, 0.05) is 37.0 Å². The van der Waals surface area contributed by atoms with Crippen LogP contribution in [0, 0.1) is 25.7 Å². The number of fused-ring (bicyclic) bond motifs is 1. The molecule has 0 aliphatic carbocycles. The number of carbonyl (C=O) groups is 1. The van der Waals surface area contributed by atoms with Crippen molar-refractivity contribution in [2.75, 3.05) is 32.5 Å². The Morgan fingerprint density at radius 3 is 2.71 bits per heavy atom. The van der Waals surface area contributed by atoms with E-state index in [1.54, 1.807) is 0 Å². The lowest BCUT2D eigenvalue weighted by Gasteiger charge is -2.20. The van der Waals surface area contributed by atoms with Crippen LogP contribution in [0.2, 0.25) is 0 Å². The van der Waals surface area contributed by atoms with E-state index in [2.05, 4.69) is 4.72 Å². The molecule has 2 aliphatic rings. The van der Waals surface area contributed by atoms with Crippen LogP contribution >= 0.6 is 0 Å². The second kappa shape index (κ2) is 6.46. The zero-order valence-corrected chi connectivity index (χ0v) is 15.1. The lowest BCUT2D eigenvalue weighted by molar-refractivity contribution is 0.0678. The summed E-state index contributed by atoms with van der Waals surface area (Å²) in [7, 11) is -3.21. The molecule has 1 aromatic carbocycles. The van der Waals surface area contributed by atoms with E-state index in [0.717, 1.165) is 11.8 Å². The summed E-state index contributed by atoms with van der Waals surface area (Å²) in [6.07, 6.45) is 1.16. The molecule has 2 fully saturated rings. The Hall–Kier alpha value is -1.44. The minimum Gasteiger partial charge on any atom is -0.376 e. The van der Waals surface area contributed by atoms with Crippen molar-refractivity contribution in [2.24, 2.45) is 11.8 Å². The number of rotatable bonds is 4. The van der Waals surface area contributed by atoms with Crippen molar-refractivity contribution in [1.29, 1.82) is 0 Å². The molecule has 1 aromatic rings. The van der Waals surface area contributed by atoms with Crippen molar-refractivity contribution < 1.29 is 17.9 Å². The van der Waals surface area contributed by atoms with E-state index in [0.29, 0.717) is 31.8 Å². The first-order valence-corrected chi connectivity index (χ1v) is 10.1. The SMILES string of the molecule is Cc1ccc(C(=O)N2C[C@H]3[C@@H](CNS(C)(=O)=O)CO[C@H]3C2)cc1C. The predicted molar refractivity (Wildman–Crippen MR) is 91.4 cm³/mol. The van der Waals surface area contributed by atoms with Crippen molar-refractivity contribution in [2.45, 2.75) is 20.0 Å². The number of hydrogen-bond donors (Lipinski definition) is 1. The lowest BCUT2D eigenvalue weighted by Crippen LogP contribution is -2.35. The zero-order valence-electron chi connectivity index (χ0n) is 14.3. The maximum atomic E-state index is 12.7. The molecule has 0 radical (unpaired) electrons. The summed E-state index contributed by atoms with van der Waals surface area (Å²) in [4.78, 5) is 14.5. The third kappa shape index (κ3) is 3.63. The van der Waals surface area contributed by atoms with Crippen LogP contribution in [0.3, 0.4) is 0 Å². The summed E-state index contributed by atoms with van der Waals surface area (Å²) in [5.74, 6) is 0.322. The molecule has 7 heteroatoms. The molecule has 0 spiro atoms. The molecular formula is C17H24N2O4S. The summed E-state index contributed by atoms with van der Waals surface area (Å²) in [6.45, 7) is 6.13. The van der Waals surface area contributed by atoms with Crippen LogP contribution in [0.5, 0.6) is 0 Å². The Morgan fingerprint density at radius 2 is 2.04 bits per heavy atom. The van der Waals surface area contributed by atoms with Gasteiger partial charge >= 0.3 is 0 Å². The van der Waals surface area contributed by atoms with Crippen molar-refractivity contribution >= 4 is 15.9 Å². The molecular weight excluding hydrogens is 328 g/mol. The van der Waals surface area contributed by atoms with Gasteiger partial charge in [-0.15, -0.1) is 0 Å². The van der Waals surface area contributed by atoms with Crippen LogP contribution in [0.4, 0.5) is 0 Å². The lowest BCUT2D eigenvalue weighted by atomic mass is 9.93. The minimum atomic E-state index is -3.21. The molecule has 0 saturated carbocycles. The number of ether oxygens (including phenoxy) is 1. The first-order valence-electron chi connectivity index (χ1n) is 8.17. The summed E-state index contributed by atoms with van der Waals surface area (Å²) >= 11 is 0. The monoisotopic (exact) mass is 352 g/mol. The molecule has 132 valence electrons. The molecule has 6 nitrogen and oxygen atoms in total. The second-order valence-corrected chi connectivity index (χ2v) is 8.76. The molecule has 2 saturated heterocycles. The van der Waals surface area contributed by atoms with Gasteiger partial charge in [0.25, 0.3) is 5.91 Å². The Kier molecular flexibility index (Phi) is 4.68. The molecule has 2 heterocycles. The topological polar surface area (TPSA) is 75.7 Å². The largest absolute Gasteiger partial charge is 0.376 e. The average molecular weight is 352 g/mol. The standard InChI is InChI=1S/C17H24N2O4S/c1-11-4-5-13(6-12(11)2)17(20)19-8-15-14(7-18-24(3,21)22)10-23-16(15)9-19/h4-6,14-16,18H,7-10H2,1-3H3/t14-,15-,16-/m0/s1. The quantitative estimate of drug-likeness (QED) is 0.875. The highest BCUT2D eigenvalue weighted by Crippen LogP contribution is 2.34. The minimum absolute atomic E-state index is 0.00635. The smallest absolute Gasteiger partial charge is 0.253 e. The fourth-order valence-corrected chi connectivity index (χ4v) is 4.01. The van der Waals surface area contributed by atoms with Gasteiger partial charge in [-0.25, -0.2) is 13.1 Å². The van der Waals surface area contributed by atoms with Gasteiger partial charge in [0.1, 0.15) is 0 Å². The van der Waals surface area contributed by atoms with Crippen molar-refractivity contribution in [3.63, 3.8) is 0 Å². The van der Waals surface area contributed by atoms with Crippen molar-refractivity contribution in [3.8, 4) is 0 Å². The van der Waals surface area contributed by atoms with Gasteiger partial charge in [0.05, 0.1) is 19.0 Å². The number of benzene rings is 1. The van der Waals surface area contributed by atoms with Crippen LogP contribution in [0.15, 0.2) is 18.2 Å². The summed E-state index contributed by atoms with van der Waals surface area (Å²) < 4.78 is 30.9. The number of nitrogens with one attached hydrogen (secondary N) is 1. The Bertz CT molecular complexity index is 747. The van der Waals surface area contributed by atoms with Crippen molar-refractivity contribution in [1.82, 2.24) is 9.62 Å². The first kappa shape index (κ1) is 17.4. The summed E-state index contributed by atoms with van der Waals surface area (Å²) in [6, 6.07) is 5.76. The second-order valence-electron chi connectivity index (χ2n) is 6.93. The van der Waals surface area contributed by atoms with E-state index >= 15 is 0 Å². The van der Waals surface area contributed by atoms with Gasteiger partial charge < -0.3 is 9.64 Å². The highest BCUT2D eigenvalue weighted by molar-refractivity contribution is 7.88. The van der Waals surface area contributed by atoms with E-state index in [9.17, 15) is 13.2 Å². The van der Waals surface area contributed by atoms with Gasteiger partial charge in [0.15, 0.2) is 0 Å². The Balaban J connectivity index is 1.66. The normalized spacial score (nSPS) is 26.6. The molecule has 0 bridgehead atoms. The van der Waals surface area contributed by atoms with Crippen molar-refractivity contribution in [3.05, 3.63) is 34.9 Å². The molecule has 3 rings (SSSR count). The molecule has 3 atom stereocenters. The Labute approximate surface area is 143 Å². The van der Waals surface area contributed by atoms with Crippen LogP contribution in [-0.4, -0.2) is 57.8 Å². The molecule has 2 aliphatic heterocycles. The van der Waals surface area contributed by atoms with E-state index in [1.165, 1.54) is 5.56 Å². The van der Waals surface area contributed by atoms with Crippen LogP contribution in [-0.2, 0) is 14.8 Å². The summed E-state index contributed by atoms with van der Waals surface area (Å²) in [5.41, 5.74) is 2.97. The molecule has 24 heavy (non-hydrogen) atoms. The van der Waals surface area contributed by atoms with E-state index < -0.39 is 10.0 Å².